The first-order valence-electron chi connectivity index (χ1n) is 8.22. The van der Waals surface area contributed by atoms with Gasteiger partial charge >= 0.3 is 0 Å². The first-order chi connectivity index (χ1) is 11.7. The van der Waals surface area contributed by atoms with Gasteiger partial charge in [-0.2, -0.15) is 5.10 Å². The van der Waals surface area contributed by atoms with E-state index in [4.69, 9.17) is 4.42 Å². The predicted octanol–water partition coefficient (Wildman–Crippen LogP) is 3.94. The third-order valence-corrected chi connectivity index (χ3v) is 4.79. The van der Waals surface area contributed by atoms with E-state index >= 15 is 0 Å². The molecule has 1 aliphatic carbocycles. The standard InChI is InChI=1S/C19H20FN3O/c1-13-2-7-17(24-13)18-14(11-22-23-18)10-21-12-19(8-9-19)15-3-5-16(20)6-4-15/h2-7,11,21H,8-10,12H2,1H3,(H,22,23). The second-order valence-electron chi connectivity index (χ2n) is 6.57. The summed E-state index contributed by atoms with van der Waals surface area (Å²) in [5.74, 6) is 1.51. The molecular weight excluding hydrogens is 305 g/mol. The van der Waals surface area contributed by atoms with Crippen molar-refractivity contribution >= 4 is 0 Å². The van der Waals surface area contributed by atoms with E-state index in [1.54, 1.807) is 12.1 Å². The second kappa shape index (κ2) is 5.91. The van der Waals surface area contributed by atoms with E-state index in [2.05, 4.69) is 15.5 Å². The van der Waals surface area contributed by atoms with Crippen LogP contribution in [-0.4, -0.2) is 16.7 Å². The van der Waals surface area contributed by atoms with Crippen molar-refractivity contribution in [2.75, 3.05) is 6.54 Å². The van der Waals surface area contributed by atoms with Crippen molar-refractivity contribution in [3.05, 3.63) is 65.3 Å². The maximum atomic E-state index is 13.1. The monoisotopic (exact) mass is 325 g/mol. The number of nitrogens with zero attached hydrogens (tertiary/aromatic N) is 1. The number of rotatable bonds is 6. The molecule has 0 radical (unpaired) electrons. The van der Waals surface area contributed by atoms with Crippen molar-refractivity contribution in [3.8, 4) is 11.5 Å². The summed E-state index contributed by atoms with van der Waals surface area (Å²) in [5, 5.41) is 10.7. The Morgan fingerprint density at radius 1 is 1.21 bits per heavy atom. The van der Waals surface area contributed by atoms with Gasteiger partial charge in [0.2, 0.25) is 0 Å². The molecule has 24 heavy (non-hydrogen) atoms. The Kier molecular flexibility index (Phi) is 3.73. The molecule has 2 aromatic heterocycles. The lowest BCUT2D eigenvalue weighted by Crippen LogP contribution is -2.26. The van der Waals surface area contributed by atoms with Gasteiger partial charge in [0.05, 0.1) is 6.20 Å². The maximum absolute atomic E-state index is 13.1. The zero-order chi connectivity index (χ0) is 16.6. The fourth-order valence-electron chi connectivity index (χ4n) is 3.19. The summed E-state index contributed by atoms with van der Waals surface area (Å²) in [6, 6.07) is 10.8. The summed E-state index contributed by atoms with van der Waals surface area (Å²) < 4.78 is 18.8. The van der Waals surface area contributed by atoms with Crippen LogP contribution in [0.2, 0.25) is 0 Å². The van der Waals surface area contributed by atoms with Crippen LogP contribution < -0.4 is 5.32 Å². The van der Waals surface area contributed by atoms with Crippen LogP contribution in [0, 0.1) is 12.7 Å². The van der Waals surface area contributed by atoms with Gasteiger partial charge in [0.1, 0.15) is 17.3 Å². The number of hydrogen-bond acceptors (Lipinski definition) is 3. The largest absolute Gasteiger partial charge is 0.460 e. The van der Waals surface area contributed by atoms with E-state index in [1.807, 2.05) is 37.4 Å². The average molecular weight is 325 g/mol. The molecule has 4 nitrogen and oxygen atoms in total. The van der Waals surface area contributed by atoms with Gasteiger partial charge in [-0.15, -0.1) is 0 Å². The van der Waals surface area contributed by atoms with Gasteiger partial charge in [0.15, 0.2) is 5.76 Å². The summed E-state index contributed by atoms with van der Waals surface area (Å²) in [7, 11) is 0. The molecule has 0 saturated heterocycles. The molecular formula is C19H20FN3O. The van der Waals surface area contributed by atoms with Crippen molar-refractivity contribution in [3.63, 3.8) is 0 Å². The van der Waals surface area contributed by atoms with Crippen LogP contribution >= 0.6 is 0 Å². The zero-order valence-corrected chi connectivity index (χ0v) is 13.6. The van der Waals surface area contributed by atoms with Crippen molar-refractivity contribution in [1.29, 1.82) is 0 Å². The molecule has 1 fully saturated rings. The van der Waals surface area contributed by atoms with Crippen LogP contribution in [0.4, 0.5) is 4.39 Å². The van der Waals surface area contributed by atoms with Crippen LogP contribution in [0.3, 0.4) is 0 Å². The van der Waals surface area contributed by atoms with Gasteiger partial charge in [-0.1, -0.05) is 12.1 Å². The van der Waals surface area contributed by atoms with Crippen molar-refractivity contribution < 1.29 is 8.81 Å². The molecule has 5 heteroatoms. The summed E-state index contributed by atoms with van der Waals surface area (Å²) in [4.78, 5) is 0. The molecule has 124 valence electrons. The lowest BCUT2D eigenvalue weighted by atomic mass is 9.96. The maximum Gasteiger partial charge on any atom is 0.152 e. The molecule has 1 saturated carbocycles. The van der Waals surface area contributed by atoms with E-state index < -0.39 is 0 Å². The highest BCUT2D eigenvalue weighted by atomic mass is 19.1. The van der Waals surface area contributed by atoms with E-state index in [1.165, 1.54) is 5.56 Å². The molecule has 3 aromatic rings. The van der Waals surface area contributed by atoms with E-state index in [-0.39, 0.29) is 11.2 Å². The number of aryl methyl sites for hydroxylation is 1. The van der Waals surface area contributed by atoms with Gasteiger partial charge in [-0.05, 0) is 49.6 Å². The molecule has 0 bridgehead atoms. The minimum Gasteiger partial charge on any atom is -0.460 e. The van der Waals surface area contributed by atoms with Gasteiger partial charge in [-0.3, -0.25) is 5.10 Å². The van der Waals surface area contributed by atoms with Crippen molar-refractivity contribution in [1.82, 2.24) is 15.5 Å². The average Bonchev–Trinajstić information content (AvgIpc) is 3.00. The Bertz CT molecular complexity index is 830. The van der Waals surface area contributed by atoms with Gasteiger partial charge in [0.25, 0.3) is 0 Å². The van der Waals surface area contributed by atoms with Gasteiger partial charge < -0.3 is 9.73 Å². The topological polar surface area (TPSA) is 53.9 Å². The van der Waals surface area contributed by atoms with E-state index in [0.717, 1.165) is 42.2 Å². The quantitative estimate of drug-likeness (QED) is 0.722. The number of benzene rings is 1. The summed E-state index contributed by atoms with van der Waals surface area (Å²) in [6.07, 6.45) is 4.11. The predicted molar refractivity (Wildman–Crippen MR) is 90.0 cm³/mol. The van der Waals surface area contributed by atoms with Crippen LogP contribution in [0.1, 0.15) is 29.7 Å². The molecule has 0 unspecified atom stereocenters. The highest BCUT2D eigenvalue weighted by Gasteiger charge is 2.43. The molecule has 1 aliphatic rings. The van der Waals surface area contributed by atoms with Crippen LogP contribution in [-0.2, 0) is 12.0 Å². The fourth-order valence-corrected chi connectivity index (χ4v) is 3.19. The highest BCUT2D eigenvalue weighted by molar-refractivity contribution is 5.56. The summed E-state index contributed by atoms with van der Waals surface area (Å²) in [5.41, 5.74) is 3.37. The Hall–Kier alpha value is -2.40. The Balaban J connectivity index is 1.42. The molecule has 0 atom stereocenters. The SMILES string of the molecule is Cc1ccc(-c2[nH]ncc2CNCC2(c3ccc(F)cc3)CC2)o1. The first kappa shape index (κ1) is 15.1. The highest BCUT2D eigenvalue weighted by Crippen LogP contribution is 2.47. The third kappa shape index (κ3) is 2.87. The number of aromatic amines is 1. The number of halogens is 1. The number of aromatic nitrogens is 2. The second-order valence-corrected chi connectivity index (χ2v) is 6.57. The number of nitrogens with one attached hydrogen (secondary N) is 2. The Labute approximate surface area is 140 Å². The van der Waals surface area contributed by atoms with Crippen LogP contribution in [0.25, 0.3) is 11.5 Å². The zero-order valence-electron chi connectivity index (χ0n) is 13.6. The molecule has 4 rings (SSSR count). The molecule has 1 aromatic carbocycles. The lowest BCUT2D eigenvalue weighted by molar-refractivity contribution is 0.543. The van der Waals surface area contributed by atoms with E-state index in [9.17, 15) is 4.39 Å². The number of furan rings is 1. The molecule has 0 spiro atoms. The smallest absolute Gasteiger partial charge is 0.152 e. The van der Waals surface area contributed by atoms with E-state index in [0.29, 0.717) is 6.54 Å². The molecule has 0 aliphatic heterocycles. The lowest BCUT2D eigenvalue weighted by Gasteiger charge is -2.16. The first-order valence-corrected chi connectivity index (χ1v) is 8.22. The Morgan fingerprint density at radius 3 is 2.67 bits per heavy atom. The fraction of sp³-hybridized carbons (Fsp3) is 0.316. The molecule has 2 heterocycles. The van der Waals surface area contributed by atoms with Gasteiger partial charge in [-0.25, -0.2) is 4.39 Å². The number of hydrogen-bond donors (Lipinski definition) is 2. The third-order valence-electron chi connectivity index (χ3n) is 4.79. The minimum atomic E-state index is -0.181. The van der Waals surface area contributed by atoms with Crippen LogP contribution in [0.5, 0.6) is 0 Å². The Morgan fingerprint density at radius 2 is 2.00 bits per heavy atom. The van der Waals surface area contributed by atoms with Gasteiger partial charge in [0, 0.05) is 24.1 Å². The van der Waals surface area contributed by atoms with Crippen molar-refractivity contribution in [2.24, 2.45) is 0 Å². The molecule has 0 amide bonds. The van der Waals surface area contributed by atoms with Crippen LogP contribution in [0.15, 0.2) is 47.0 Å². The molecule has 2 N–H and O–H groups in total. The summed E-state index contributed by atoms with van der Waals surface area (Å²) >= 11 is 0. The summed E-state index contributed by atoms with van der Waals surface area (Å²) in [6.45, 7) is 3.52. The van der Waals surface area contributed by atoms with Crippen molar-refractivity contribution in [2.45, 2.75) is 31.7 Å². The number of H-pyrrole nitrogens is 1. The normalized spacial score (nSPS) is 15.6. The minimum absolute atomic E-state index is 0.152.